The summed E-state index contributed by atoms with van der Waals surface area (Å²) in [4.78, 5) is 15.3. The van der Waals surface area contributed by atoms with Gasteiger partial charge >= 0.3 is 0 Å². The molecule has 36 heavy (non-hydrogen) atoms. The maximum atomic E-state index is 14.0. The Balaban J connectivity index is 1.16. The van der Waals surface area contributed by atoms with Gasteiger partial charge in [0.05, 0.1) is 10.0 Å². The van der Waals surface area contributed by atoms with E-state index >= 15 is 0 Å². The van der Waals surface area contributed by atoms with E-state index in [4.69, 9.17) is 27.9 Å². The van der Waals surface area contributed by atoms with Gasteiger partial charge in [0.1, 0.15) is 11.9 Å². The molecule has 3 aromatic carbocycles. The summed E-state index contributed by atoms with van der Waals surface area (Å²) >= 11 is 13.8. The summed E-state index contributed by atoms with van der Waals surface area (Å²) in [6, 6.07) is 16.9. The van der Waals surface area contributed by atoms with Crippen LogP contribution in [0.3, 0.4) is 0 Å². The van der Waals surface area contributed by atoms with Crippen LogP contribution in [0.15, 0.2) is 60.7 Å². The fraction of sp³-hybridized carbons (Fsp3) is 0.321. The van der Waals surface area contributed by atoms with Gasteiger partial charge in [-0.3, -0.25) is 4.79 Å². The maximum Gasteiger partial charge on any atom is 0.254 e. The molecule has 188 valence electrons. The van der Waals surface area contributed by atoms with Gasteiger partial charge < -0.3 is 9.64 Å². The largest absolute Gasteiger partial charge is 0.487 e. The van der Waals surface area contributed by atoms with Crippen LogP contribution < -0.4 is 4.74 Å². The van der Waals surface area contributed by atoms with Gasteiger partial charge in [-0.2, -0.15) is 11.8 Å². The topological polar surface area (TPSA) is 29.5 Å². The minimum Gasteiger partial charge on any atom is -0.487 e. The Morgan fingerprint density at radius 2 is 1.56 bits per heavy atom. The minimum atomic E-state index is -0.698. The number of piperidine rings is 1. The quantitative estimate of drug-likeness (QED) is 0.301. The molecular weight excluding hydrogens is 523 g/mol. The summed E-state index contributed by atoms with van der Waals surface area (Å²) < 4.78 is 33.1. The predicted molar refractivity (Wildman–Crippen MR) is 141 cm³/mol. The number of rotatable bonds is 7. The lowest BCUT2D eigenvalue weighted by Crippen LogP contribution is -2.49. The van der Waals surface area contributed by atoms with Gasteiger partial charge in [-0.05, 0) is 60.4 Å². The van der Waals surface area contributed by atoms with Crippen molar-refractivity contribution >= 4 is 40.9 Å². The molecule has 0 saturated carbocycles. The first-order chi connectivity index (χ1) is 17.4. The van der Waals surface area contributed by atoms with Gasteiger partial charge in [0.2, 0.25) is 0 Å². The molecule has 3 aromatic rings. The van der Waals surface area contributed by atoms with Gasteiger partial charge in [-0.1, -0.05) is 41.4 Å². The highest BCUT2D eigenvalue weighted by Crippen LogP contribution is 2.38. The molecule has 2 saturated heterocycles. The van der Waals surface area contributed by atoms with Gasteiger partial charge in [-0.15, -0.1) is 0 Å². The average molecular weight is 548 g/mol. The Hall–Kier alpha value is -2.28. The van der Waals surface area contributed by atoms with Crippen LogP contribution in [0.1, 0.15) is 47.2 Å². The number of fused-ring (bicyclic) bond motifs is 2. The first-order valence-electron chi connectivity index (χ1n) is 11.9. The summed E-state index contributed by atoms with van der Waals surface area (Å²) in [5.74, 6) is 0.409. The Kier molecular flexibility index (Phi) is 7.75. The van der Waals surface area contributed by atoms with E-state index in [0.717, 1.165) is 41.5 Å². The fourth-order valence-electron chi connectivity index (χ4n) is 5.11. The van der Waals surface area contributed by atoms with E-state index < -0.39 is 11.6 Å². The summed E-state index contributed by atoms with van der Waals surface area (Å²) in [6.07, 6.45) is 2.91. The van der Waals surface area contributed by atoms with Crippen molar-refractivity contribution in [1.82, 2.24) is 4.90 Å². The smallest absolute Gasteiger partial charge is 0.254 e. The second kappa shape index (κ2) is 11.0. The number of carbonyl (C=O) groups is 1. The zero-order valence-electron chi connectivity index (χ0n) is 19.4. The lowest BCUT2D eigenvalue weighted by molar-refractivity contribution is 0.0349. The van der Waals surface area contributed by atoms with E-state index in [2.05, 4.69) is 0 Å². The maximum absolute atomic E-state index is 14.0. The van der Waals surface area contributed by atoms with Crippen LogP contribution in [-0.2, 0) is 11.5 Å². The molecular formula is C28H25Cl2F2NO2S. The number of carbonyl (C=O) groups excluding carboxylic acids is 1. The molecule has 0 radical (unpaired) electrons. The number of ether oxygens (including phenoxy) is 1. The molecule has 2 bridgehead atoms. The molecule has 0 N–H and O–H groups in total. The van der Waals surface area contributed by atoms with Gasteiger partial charge in [0.15, 0.2) is 11.6 Å². The Labute approximate surface area is 223 Å². The fourth-order valence-corrected chi connectivity index (χ4v) is 6.38. The van der Waals surface area contributed by atoms with E-state index in [9.17, 15) is 13.6 Å². The third-order valence-electron chi connectivity index (χ3n) is 6.83. The summed E-state index contributed by atoms with van der Waals surface area (Å²) in [5, 5.41) is 1.11. The van der Waals surface area contributed by atoms with Gasteiger partial charge in [0, 0.05) is 48.1 Å². The van der Waals surface area contributed by atoms with Crippen molar-refractivity contribution in [3.8, 4) is 5.75 Å². The zero-order valence-corrected chi connectivity index (χ0v) is 21.8. The van der Waals surface area contributed by atoms with Crippen molar-refractivity contribution in [3.63, 3.8) is 0 Å². The molecule has 5 rings (SSSR count). The van der Waals surface area contributed by atoms with Gasteiger partial charge in [0.25, 0.3) is 5.91 Å². The van der Waals surface area contributed by atoms with E-state index in [-0.39, 0.29) is 29.8 Å². The second-order valence-electron chi connectivity index (χ2n) is 9.32. The highest BCUT2D eigenvalue weighted by molar-refractivity contribution is 7.97. The Morgan fingerprint density at radius 1 is 0.889 bits per heavy atom. The SMILES string of the molecule is O=C(c1ccc(CSCc2ccc(Cl)c(Cl)c2)cc1)N1C2CCC1CC(Oc1ccc(F)cc1F)C2. The predicted octanol–water partition coefficient (Wildman–Crippen LogP) is 7.92. The third kappa shape index (κ3) is 5.66. The lowest BCUT2D eigenvalue weighted by Gasteiger charge is -2.39. The van der Waals surface area contributed by atoms with Crippen LogP contribution in [-0.4, -0.2) is 29.0 Å². The summed E-state index contributed by atoms with van der Waals surface area (Å²) in [7, 11) is 0. The standard InChI is InChI=1S/C28H25Cl2F2NO2S/c29-24-9-3-18(11-25(24)30)16-36-15-17-1-4-19(5-2-17)28(34)33-21-7-8-22(33)14-23(13-21)35-27-10-6-20(31)12-26(27)32/h1-6,9-12,21-23H,7-8,13-16H2. The van der Waals surface area contributed by atoms with Crippen molar-refractivity contribution < 1.29 is 18.3 Å². The van der Waals surface area contributed by atoms with Crippen LogP contribution in [0, 0.1) is 11.6 Å². The molecule has 2 heterocycles. The number of amides is 1. The number of thioether (sulfide) groups is 1. The average Bonchev–Trinajstić information content (AvgIpc) is 3.13. The summed E-state index contributed by atoms with van der Waals surface area (Å²) in [5.41, 5.74) is 2.94. The normalized spacial score (nSPS) is 21.0. The number of nitrogens with zero attached hydrogens (tertiary/aromatic N) is 1. The van der Waals surface area contributed by atoms with E-state index in [1.807, 2.05) is 47.4 Å². The van der Waals surface area contributed by atoms with Crippen LogP contribution in [0.4, 0.5) is 8.78 Å². The third-order valence-corrected chi connectivity index (χ3v) is 8.65. The van der Waals surface area contributed by atoms with Crippen LogP contribution >= 0.6 is 35.0 Å². The molecule has 8 heteroatoms. The Morgan fingerprint density at radius 3 is 2.22 bits per heavy atom. The molecule has 2 fully saturated rings. The number of hydrogen-bond acceptors (Lipinski definition) is 3. The van der Waals surface area contributed by atoms with E-state index in [1.54, 1.807) is 11.8 Å². The van der Waals surface area contributed by atoms with Crippen LogP contribution in [0.2, 0.25) is 10.0 Å². The molecule has 2 atom stereocenters. The first kappa shape index (κ1) is 25.4. The molecule has 2 aliphatic heterocycles. The Bertz CT molecular complexity index is 1240. The second-order valence-corrected chi connectivity index (χ2v) is 11.1. The molecule has 1 amide bonds. The van der Waals surface area contributed by atoms with Crippen molar-refractivity contribution in [3.05, 3.63) is 99.0 Å². The molecule has 2 unspecified atom stereocenters. The van der Waals surface area contributed by atoms with Crippen molar-refractivity contribution in [2.75, 3.05) is 0 Å². The zero-order chi connectivity index (χ0) is 25.2. The van der Waals surface area contributed by atoms with Crippen molar-refractivity contribution in [2.45, 2.75) is 55.4 Å². The van der Waals surface area contributed by atoms with E-state index in [1.165, 1.54) is 12.1 Å². The monoisotopic (exact) mass is 547 g/mol. The van der Waals surface area contributed by atoms with Crippen LogP contribution in [0.5, 0.6) is 5.75 Å². The minimum absolute atomic E-state index is 0.0314. The number of halogens is 4. The van der Waals surface area contributed by atoms with Crippen LogP contribution in [0.25, 0.3) is 0 Å². The van der Waals surface area contributed by atoms with Crippen molar-refractivity contribution in [1.29, 1.82) is 0 Å². The number of benzene rings is 3. The van der Waals surface area contributed by atoms with Gasteiger partial charge in [-0.25, -0.2) is 8.78 Å². The first-order valence-corrected chi connectivity index (χ1v) is 13.8. The summed E-state index contributed by atoms with van der Waals surface area (Å²) in [6.45, 7) is 0. The molecule has 0 spiro atoms. The molecule has 0 aromatic heterocycles. The van der Waals surface area contributed by atoms with E-state index in [0.29, 0.717) is 28.5 Å². The molecule has 2 aliphatic rings. The van der Waals surface area contributed by atoms with Crippen molar-refractivity contribution in [2.24, 2.45) is 0 Å². The highest BCUT2D eigenvalue weighted by Gasteiger charge is 2.44. The highest BCUT2D eigenvalue weighted by atomic mass is 35.5. The molecule has 3 nitrogen and oxygen atoms in total. The number of hydrogen-bond donors (Lipinski definition) is 0. The lowest BCUT2D eigenvalue weighted by atomic mass is 9.98. The molecule has 0 aliphatic carbocycles.